The van der Waals surface area contributed by atoms with Crippen molar-refractivity contribution in [1.82, 2.24) is 25.4 Å². The van der Waals surface area contributed by atoms with Crippen molar-refractivity contribution in [3.05, 3.63) is 46.0 Å². The Hall–Kier alpha value is -1.16. The summed E-state index contributed by atoms with van der Waals surface area (Å²) in [5, 5.41) is 11.6. The predicted molar refractivity (Wildman–Crippen MR) is 117 cm³/mol. The van der Waals surface area contributed by atoms with Gasteiger partial charge in [-0.05, 0) is 43.9 Å². The first-order chi connectivity index (χ1) is 12.1. The van der Waals surface area contributed by atoms with E-state index < -0.39 is 0 Å². The summed E-state index contributed by atoms with van der Waals surface area (Å²) in [6.45, 7) is 2.90. The lowest BCUT2D eigenvalue weighted by molar-refractivity contribution is 0.397. The summed E-state index contributed by atoms with van der Waals surface area (Å²) in [7, 11) is 1.82. The molecule has 0 amide bonds. The van der Waals surface area contributed by atoms with Crippen LogP contribution in [0.5, 0.6) is 0 Å². The van der Waals surface area contributed by atoms with Gasteiger partial charge in [0, 0.05) is 30.0 Å². The van der Waals surface area contributed by atoms with E-state index in [9.17, 15) is 0 Å². The molecule has 8 heteroatoms. The maximum absolute atomic E-state index is 4.59. The number of aryl methyl sites for hydroxylation is 2. The van der Waals surface area contributed by atoms with E-state index in [4.69, 9.17) is 0 Å². The number of aromatic nitrogens is 3. The summed E-state index contributed by atoms with van der Waals surface area (Å²) >= 11 is 3.49. The van der Waals surface area contributed by atoms with Crippen LogP contribution in [-0.4, -0.2) is 33.8 Å². The molecule has 4 rings (SSSR count). The van der Waals surface area contributed by atoms with Crippen molar-refractivity contribution in [3.8, 4) is 0 Å². The number of fused-ring (bicyclic) bond motifs is 1. The van der Waals surface area contributed by atoms with Crippen molar-refractivity contribution >= 4 is 45.9 Å². The Labute approximate surface area is 179 Å². The number of rotatable bonds is 3. The number of nitrogens with zero attached hydrogens (tertiary/aromatic N) is 4. The summed E-state index contributed by atoms with van der Waals surface area (Å²) in [6, 6.07) is 9.21. The normalized spacial score (nSPS) is 24.4. The monoisotopic (exact) mass is 530 g/mol. The predicted octanol–water partition coefficient (Wildman–Crippen LogP) is 3.52. The van der Waals surface area contributed by atoms with Crippen LogP contribution in [0.1, 0.15) is 48.4 Å². The molecule has 0 spiro atoms. The number of guanidine groups is 1. The summed E-state index contributed by atoms with van der Waals surface area (Å²) in [4.78, 5) is 9.00. The number of nitrogens with one attached hydrogen (secondary N) is 2. The fraction of sp³-hybridized carbons (Fsp3) is 0.500. The Morgan fingerprint density at radius 2 is 2.04 bits per heavy atom. The Bertz CT molecular complexity index is 787. The highest BCUT2D eigenvalue weighted by Gasteiger charge is 2.39. The van der Waals surface area contributed by atoms with Gasteiger partial charge in [-0.1, -0.05) is 28.1 Å². The lowest BCUT2D eigenvalue weighted by atomic mass is 10.1. The molecule has 2 aromatic rings. The molecule has 1 saturated carbocycles. The third kappa shape index (κ3) is 4.21. The van der Waals surface area contributed by atoms with Crippen molar-refractivity contribution in [2.45, 2.75) is 50.7 Å². The Morgan fingerprint density at radius 3 is 2.77 bits per heavy atom. The van der Waals surface area contributed by atoms with Crippen molar-refractivity contribution in [2.75, 3.05) is 7.05 Å². The second-order valence-electron chi connectivity index (χ2n) is 6.80. The molecule has 0 radical (unpaired) electrons. The molecule has 0 bridgehead atoms. The Balaban J connectivity index is 0.00000196. The molecule has 2 heterocycles. The molecule has 1 aliphatic heterocycles. The highest BCUT2D eigenvalue weighted by Crippen LogP contribution is 2.41. The zero-order valence-corrected chi connectivity index (χ0v) is 18.9. The molecule has 0 saturated heterocycles. The first-order valence-corrected chi connectivity index (χ1v) is 9.60. The van der Waals surface area contributed by atoms with Gasteiger partial charge in [0.25, 0.3) is 0 Å². The maximum atomic E-state index is 4.59. The van der Waals surface area contributed by atoms with E-state index in [-0.39, 0.29) is 30.0 Å². The highest BCUT2D eigenvalue weighted by atomic mass is 127. The largest absolute Gasteiger partial charge is 0.353 e. The van der Waals surface area contributed by atoms with Gasteiger partial charge in [-0.3, -0.25) is 4.99 Å². The minimum atomic E-state index is 0. The van der Waals surface area contributed by atoms with Crippen LogP contribution in [-0.2, 0) is 6.54 Å². The van der Waals surface area contributed by atoms with Crippen LogP contribution in [0.25, 0.3) is 0 Å². The first kappa shape index (κ1) is 19.6. The Kier molecular flexibility index (Phi) is 6.21. The van der Waals surface area contributed by atoms with Gasteiger partial charge in [0.1, 0.15) is 11.6 Å². The lowest BCUT2D eigenvalue weighted by Gasteiger charge is -2.25. The van der Waals surface area contributed by atoms with Crippen LogP contribution < -0.4 is 10.6 Å². The molecule has 140 valence electrons. The molecule has 1 aromatic carbocycles. The van der Waals surface area contributed by atoms with Crippen LogP contribution in [0, 0.1) is 6.92 Å². The minimum absolute atomic E-state index is 0. The van der Waals surface area contributed by atoms with Crippen LogP contribution >= 0.6 is 39.9 Å². The molecular formula is C18H24BrIN6. The van der Waals surface area contributed by atoms with E-state index >= 15 is 0 Å². The second-order valence-corrected chi connectivity index (χ2v) is 7.71. The average molecular weight is 531 g/mol. The second kappa shape index (κ2) is 8.24. The van der Waals surface area contributed by atoms with Crippen LogP contribution in [0.3, 0.4) is 0 Å². The fourth-order valence-corrected chi connectivity index (χ4v) is 3.81. The van der Waals surface area contributed by atoms with E-state index in [0.29, 0.717) is 12.0 Å². The lowest BCUT2D eigenvalue weighted by Crippen LogP contribution is -2.42. The number of aliphatic imine (C=N–C) groups is 1. The number of hydrogen-bond acceptors (Lipinski definition) is 3. The standard InChI is InChI=1S/C18H23BrN6.HI/c1-11-21-17-15(4-3-9-25(17)24-11)22-18(20-2)23-16-10-14(16)12-5-7-13(19)8-6-12;/h5-8,14-16H,3-4,9-10H2,1-2H3,(H2,20,22,23);1H. The third-order valence-corrected chi connectivity index (χ3v) is 5.45. The van der Waals surface area contributed by atoms with Crippen LogP contribution in [0.4, 0.5) is 0 Å². The molecule has 6 nitrogen and oxygen atoms in total. The van der Waals surface area contributed by atoms with E-state index in [2.05, 4.69) is 65.9 Å². The summed E-state index contributed by atoms with van der Waals surface area (Å²) in [5.74, 6) is 3.27. The van der Waals surface area contributed by atoms with Gasteiger partial charge in [0.05, 0.1) is 6.04 Å². The molecule has 1 fully saturated rings. The molecule has 1 aromatic heterocycles. The van der Waals surface area contributed by atoms with Gasteiger partial charge in [-0.25, -0.2) is 9.67 Å². The highest BCUT2D eigenvalue weighted by molar-refractivity contribution is 14.0. The SMILES string of the molecule is CN=C(NC1CCCn2nc(C)nc21)NC1CC1c1ccc(Br)cc1.I. The molecule has 2 aliphatic rings. The minimum Gasteiger partial charge on any atom is -0.353 e. The zero-order valence-electron chi connectivity index (χ0n) is 14.9. The molecule has 2 N–H and O–H groups in total. The van der Waals surface area contributed by atoms with Gasteiger partial charge in [0.2, 0.25) is 0 Å². The first-order valence-electron chi connectivity index (χ1n) is 8.80. The summed E-state index contributed by atoms with van der Waals surface area (Å²) in [6.07, 6.45) is 3.30. The van der Waals surface area contributed by atoms with Gasteiger partial charge < -0.3 is 10.6 Å². The maximum Gasteiger partial charge on any atom is 0.191 e. The van der Waals surface area contributed by atoms with Crippen LogP contribution in [0.15, 0.2) is 33.7 Å². The van der Waals surface area contributed by atoms with Gasteiger partial charge in [0.15, 0.2) is 5.96 Å². The topological polar surface area (TPSA) is 67.1 Å². The van der Waals surface area contributed by atoms with E-state index in [1.165, 1.54) is 5.56 Å². The number of hydrogen-bond donors (Lipinski definition) is 2. The van der Waals surface area contributed by atoms with Crippen molar-refractivity contribution in [2.24, 2.45) is 4.99 Å². The molecule has 26 heavy (non-hydrogen) atoms. The molecular weight excluding hydrogens is 507 g/mol. The van der Waals surface area contributed by atoms with Crippen LogP contribution in [0.2, 0.25) is 0 Å². The van der Waals surface area contributed by atoms with Crippen molar-refractivity contribution in [1.29, 1.82) is 0 Å². The quantitative estimate of drug-likeness (QED) is 0.362. The number of halogens is 2. The average Bonchev–Trinajstić information content (AvgIpc) is 3.25. The zero-order chi connectivity index (χ0) is 17.4. The van der Waals surface area contributed by atoms with E-state index in [1.807, 2.05) is 18.7 Å². The fourth-order valence-electron chi connectivity index (χ4n) is 3.55. The Morgan fingerprint density at radius 1 is 1.27 bits per heavy atom. The third-order valence-electron chi connectivity index (χ3n) is 4.93. The molecule has 1 aliphatic carbocycles. The summed E-state index contributed by atoms with van der Waals surface area (Å²) in [5.41, 5.74) is 1.38. The summed E-state index contributed by atoms with van der Waals surface area (Å²) < 4.78 is 3.14. The van der Waals surface area contributed by atoms with Gasteiger partial charge in [-0.2, -0.15) is 5.10 Å². The van der Waals surface area contributed by atoms with E-state index in [1.54, 1.807) is 0 Å². The van der Waals surface area contributed by atoms with Gasteiger partial charge >= 0.3 is 0 Å². The van der Waals surface area contributed by atoms with Crippen molar-refractivity contribution < 1.29 is 0 Å². The smallest absolute Gasteiger partial charge is 0.191 e. The molecule has 3 unspecified atom stereocenters. The number of benzene rings is 1. The van der Waals surface area contributed by atoms with Gasteiger partial charge in [-0.15, -0.1) is 24.0 Å². The van der Waals surface area contributed by atoms with E-state index in [0.717, 1.165) is 47.9 Å². The molecule has 3 atom stereocenters. The van der Waals surface area contributed by atoms with Crippen molar-refractivity contribution in [3.63, 3.8) is 0 Å².